The van der Waals surface area contributed by atoms with Crippen LogP contribution in [0.1, 0.15) is 32.3 Å². The summed E-state index contributed by atoms with van der Waals surface area (Å²) in [6, 6.07) is 7.15. The van der Waals surface area contributed by atoms with E-state index in [1.54, 1.807) is 25.9 Å². The number of hydrogen-bond donors (Lipinski definition) is 1. The normalized spacial score (nSPS) is 18.7. The minimum Gasteiger partial charge on any atom is -0.497 e. The number of hydrogen-bond acceptors (Lipinski definition) is 6. The van der Waals surface area contributed by atoms with E-state index < -0.39 is 17.4 Å². The summed E-state index contributed by atoms with van der Waals surface area (Å²) < 4.78 is 15.5. The van der Waals surface area contributed by atoms with E-state index in [4.69, 9.17) is 14.2 Å². The van der Waals surface area contributed by atoms with Gasteiger partial charge >= 0.3 is 18.0 Å². The Morgan fingerprint density at radius 1 is 1.17 bits per heavy atom. The predicted molar refractivity (Wildman–Crippen MR) is 107 cm³/mol. The first-order chi connectivity index (χ1) is 13.9. The molecule has 1 heterocycles. The molecule has 0 bridgehead atoms. The van der Waals surface area contributed by atoms with E-state index in [9.17, 15) is 14.4 Å². The van der Waals surface area contributed by atoms with Crippen molar-refractivity contribution < 1.29 is 28.6 Å². The van der Waals surface area contributed by atoms with Crippen molar-refractivity contribution in [1.82, 2.24) is 10.2 Å². The highest BCUT2D eigenvalue weighted by Gasteiger charge is 2.45. The smallest absolute Gasteiger partial charge is 0.325 e. The molecule has 29 heavy (non-hydrogen) atoms. The van der Waals surface area contributed by atoms with Crippen molar-refractivity contribution in [2.24, 2.45) is 5.41 Å². The Kier molecular flexibility index (Phi) is 8.30. The molecule has 0 aromatic heterocycles. The second-order valence-electron chi connectivity index (χ2n) is 7.02. The molecule has 0 aliphatic carbocycles. The molecule has 0 unspecified atom stereocenters. The number of ether oxygens (including phenoxy) is 3. The number of amides is 2. The Morgan fingerprint density at radius 2 is 1.93 bits per heavy atom. The molecule has 8 heteroatoms. The third-order valence-corrected chi connectivity index (χ3v) is 4.94. The van der Waals surface area contributed by atoms with Gasteiger partial charge in [0.05, 0.1) is 25.7 Å². The minimum atomic E-state index is -0.845. The van der Waals surface area contributed by atoms with Gasteiger partial charge in [0.25, 0.3) is 0 Å². The topological polar surface area (TPSA) is 94.2 Å². The highest BCUT2D eigenvalue weighted by Crippen LogP contribution is 2.36. The van der Waals surface area contributed by atoms with Crippen LogP contribution in [-0.2, 0) is 25.5 Å². The first kappa shape index (κ1) is 22.5. The van der Waals surface area contributed by atoms with Gasteiger partial charge in [-0.25, -0.2) is 4.79 Å². The molecule has 0 radical (unpaired) electrons. The molecule has 2 amide bonds. The molecular weight excluding hydrogens is 376 g/mol. The van der Waals surface area contributed by atoms with E-state index in [1.165, 1.54) is 0 Å². The van der Waals surface area contributed by atoms with Gasteiger partial charge in [0, 0.05) is 13.1 Å². The van der Waals surface area contributed by atoms with Crippen molar-refractivity contribution >= 4 is 18.0 Å². The largest absolute Gasteiger partial charge is 0.497 e. The van der Waals surface area contributed by atoms with Gasteiger partial charge in [0.1, 0.15) is 12.3 Å². The van der Waals surface area contributed by atoms with Crippen LogP contribution in [0.2, 0.25) is 0 Å². The lowest BCUT2D eigenvalue weighted by atomic mass is 9.75. The van der Waals surface area contributed by atoms with Crippen LogP contribution in [0, 0.1) is 5.41 Å². The highest BCUT2D eigenvalue weighted by molar-refractivity contribution is 5.83. The summed E-state index contributed by atoms with van der Waals surface area (Å²) in [5.74, 6) is -0.0991. The monoisotopic (exact) mass is 406 g/mol. The maximum absolute atomic E-state index is 12.9. The van der Waals surface area contributed by atoms with Crippen molar-refractivity contribution in [1.29, 1.82) is 0 Å². The van der Waals surface area contributed by atoms with Gasteiger partial charge in [-0.1, -0.05) is 12.1 Å². The maximum Gasteiger partial charge on any atom is 0.325 e. The average molecular weight is 406 g/mol. The van der Waals surface area contributed by atoms with Crippen LogP contribution in [0.5, 0.6) is 5.75 Å². The number of urea groups is 1. The number of likely N-dealkylation sites (tertiary alicyclic amines) is 1. The number of nitrogens with zero attached hydrogens (tertiary/aromatic N) is 1. The van der Waals surface area contributed by atoms with E-state index in [0.29, 0.717) is 31.6 Å². The fraction of sp³-hybridized carbons (Fsp3) is 0.571. The van der Waals surface area contributed by atoms with Crippen LogP contribution in [0.25, 0.3) is 0 Å². The minimum absolute atomic E-state index is 0.203. The highest BCUT2D eigenvalue weighted by atomic mass is 16.5. The summed E-state index contributed by atoms with van der Waals surface area (Å²) in [5, 5.41) is 2.57. The average Bonchev–Trinajstić information content (AvgIpc) is 2.72. The fourth-order valence-electron chi connectivity index (χ4n) is 3.62. The molecule has 160 valence electrons. The first-order valence-corrected chi connectivity index (χ1v) is 9.92. The van der Waals surface area contributed by atoms with Crippen LogP contribution < -0.4 is 10.1 Å². The summed E-state index contributed by atoms with van der Waals surface area (Å²) in [5.41, 5.74) is 0.0909. The van der Waals surface area contributed by atoms with E-state index in [0.717, 1.165) is 5.56 Å². The SMILES string of the molecule is CCOC(=O)CNC(=O)N1CCC[C@](Cc2cccc(OC)c2)(C(=O)OCC)C1. The van der Waals surface area contributed by atoms with E-state index in [2.05, 4.69) is 5.32 Å². The van der Waals surface area contributed by atoms with E-state index in [1.807, 2.05) is 24.3 Å². The fourth-order valence-corrected chi connectivity index (χ4v) is 3.62. The van der Waals surface area contributed by atoms with Crippen LogP contribution in [0.4, 0.5) is 4.79 Å². The molecule has 1 aromatic rings. The number of carbonyl (C=O) groups excluding carboxylic acids is 3. The molecule has 0 spiro atoms. The van der Waals surface area contributed by atoms with Crippen molar-refractivity contribution in [2.45, 2.75) is 33.1 Å². The van der Waals surface area contributed by atoms with Gasteiger partial charge < -0.3 is 24.4 Å². The van der Waals surface area contributed by atoms with Crippen LogP contribution >= 0.6 is 0 Å². The lowest BCUT2D eigenvalue weighted by Crippen LogP contribution is -2.54. The molecule has 2 rings (SSSR count). The van der Waals surface area contributed by atoms with Gasteiger partial charge in [-0.15, -0.1) is 0 Å². The van der Waals surface area contributed by atoms with Gasteiger partial charge in [-0.2, -0.15) is 0 Å². The molecule has 1 N–H and O–H groups in total. The molecule has 1 aliphatic rings. The van der Waals surface area contributed by atoms with Gasteiger partial charge in [-0.3, -0.25) is 9.59 Å². The first-order valence-electron chi connectivity index (χ1n) is 9.92. The third kappa shape index (κ3) is 6.10. The van der Waals surface area contributed by atoms with Crippen molar-refractivity contribution in [2.75, 3.05) is 40.0 Å². The lowest BCUT2D eigenvalue weighted by Gasteiger charge is -2.41. The summed E-state index contributed by atoms with van der Waals surface area (Å²) in [4.78, 5) is 38.6. The molecule has 1 fully saturated rings. The Hall–Kier alpha value is -2.77. The van der Waals surface area contributed by atoms with Crippen LogP contribution in [-0.4, -0.2) is 62.8 Å². The third-order valence-electron chi connectivity index (χ3n) is 4.94. The van der Waals surface area contributed by atoms with Gasteiger partial charge in [-0.05, 0) is 50.8 Å². The number of piperidine rings is 1. The summed E-state index contributed by atoms with van der Waals surface area (Å²) >= 11 is 0. The number of nitrogens with one attached hydrogen (secondary N) is 1. The zero-order valence-electron chi connectivity index (χ0n) is 17.4. The van der Waals surface area contributed by atoms with Crippen molar-refractivity contribution in [3.05, 3.63) is 29.8 Å². The Balaban J connectivity index is 2.16. The summed E-state index contributed by atoms with van der Waals surface area (Å²) in [6.45, 7) is 4.52. The zero-order chi connectivity index (χ0) is 21.3. The predicted octanol–water partition coefficient (Wildman–Crippen LogP) is 2.16. The molecule has 1 saturated heterocycles. The van der Waals surface area contributed by atoms with E-state index in [-0.39, 0.29) is 32.3 Å². The van der Waals surface area contributed by atoms with Gasteiger partial charge in [0.2, 0.25) is 0 Å². The second-order valence-corrected chi connectivity index (χ2v) is 7.02. The number of benzene rings is 1. The number of methoxy groups -OCH3 is 1. The standard InChI is InChI=1S/C21H30N2O6/c1-4-28-18(24)14-22-20(26)23-11-7-10-21(15-23,19(25)29-5-2)13-16-8-6-9-17(12-16)27-3/h6,8-9,12H,4-5,7,10-11,13-15H2,1-3H3,(H,22,26)/t21-/m1/s1. The number of esters is 2. The second kappa shape index (κ2) is 10.7. The summed E-state index contributed by atoms with van der Waals surface area (Å²) in [6.07, 6.45) is 1.71. The lowest BCUT2D eigenvalue weighted by molar-refractivity contribution is -0.158. The quantitative estimate of drug-likeness (QED) is 0.665. The Labute approximate surface area is 171 Å². The summed E-state index contributed by atoms with van der Waals surface area (Å²) in [7, 11) is 1.59. The molecular formula is C21H30N2O6. The Morgan fingerprint density at radius 3 is 2.62 bits per heavy atom. The van der Waals surface area contributed by atoms with Crippen molar-refractivity contribution in [3.63, 3.8) is 0 Å². The number of rotatable bonds is 8. The van der Waals surface area contributed by atoms with Crippen molar-refractivity contribution in [3.8, 4) is 5.75 Å². The molecule has 1 aliphatic heterocycles. The van der Waals surface area contributed by atoms with Gasteiger partial charge in [0.15, 0.2) is 0 Å². The molecule has 1 atom stereocenters. The number of carbonyl (C=O) groups is 3. The molecule has 8 nitrogen and oxygen atoms in total. The molecule has 1 aromatic carbocycles. The maximum atomic E-state index is 12.9. The van der Waals surface area contributed by atoms with Crippen LogP contribution in [0.15, 0.2) is 24.3 Å². The molecule has 0 saturated carbocycles. The van der Waals surface area contributed by atoms with Crippen LogP contribution in [0.3, 0.4) is 0 Å². The Bertz CT molecular complexity index is 723. The van der Waals surface area contributed by atoms with E-state index >= 15 is 0 Å². The zero-order valence-corrected chi connectivity index (χ0v) is 17.4.